The highest BCUT2D eigenvalue weighted by Gasteiger charge is 2.13. The third-order valence-electron chi connectivity index (χ3n) is 3.68. The summed E-state index contributed by atoms with van der Waals surface area (Å²) in [6.45, 7) is 1.10. The summed E-state index contributed by atoms with van der Waals surface area (Å²) >= 11 is 15.6. The lowest BCUT2D eigenvalue weighted by Gasteiger charge is -2.07. The van der Waals surface area contributed by atoms with Crippen LogP contribution >= 0.6 is 39.1 Å². The first-order chi connectivity index (χ1) is 12.0. The number of nitrogens with zero attached hydrogens (tertiary/aromatic N) is 1. The molecule has 0 saturated heterocycles. The van der Waals surface area contributed by atoms with Gasteiger partial charge in [-0.1, -0.05) is 39.1 Å². The van der Waals surface area contributed by atoms with E-state index in [0.717, 1.165) is 27.5 Å². The lowest BCUT2D eigenvalue weighted by molar-refractivity contribution is 0.0953. The van der Waals surface area contributed by atoms with E-state index in [4.69, 9.17) is 28.9 Å². The van der Waals surface area contributed by atoms with Gasteiger partial charge >= 0.3 is 0 Å². The van der Waals surface area contributed by atoms with Crippen LogP contribution in [0.1, 0.15) is 16.8 Å². The van der Waals surface area contributed by atoms with E-state index in [2.05, 4.69) is 31.2 Å². The van der Waals surface area contributed by atoms with Crippen LogP contribution in [0.25, 0.3) is 22.4 Å². The maximum Gasteiger partial charge on any atom is 0.251 e. The Bertz CT molecular complexity index is 903. The van der Waals surface area contributed by atoms with Gasteiger partial charge in [0.15, 0.2) is 0 Å². The summed E-state index contributed by atoms with van der Waals surface area (Å²) < 4.78 is 0.759. The van der Waals surface area contributed by atoms with Gasteiger partial charge in [-0.3, -0.25) is 4.79 Å². The van der Waals surface area contributed by atoms with Gasteiger partial charge < -0.3 is 16.0 Å². The Morgan fingerprint density at radius 1 is 1.24 bits per heavy atom. The van der Waals surface area contributed by atoms with Crippen molar-refractivity contribution < 1.29 is 4.79 Å². The number of nitrogens with one attached hydrogen (secondary N) is 2. The number of imidazole rings is 1. The van der Waals surface area contributed by atoms with Gasteiger partial charge in [0, 0.05) is 22.1 Å². The molecule has 25 heavy (non-hydrogen) atoms. The Morgan fingerprint density at radius 2 is 2.00 bits per heavy atom. The number of carbonyl (C=O) groups excluding carboxylic acids is 1. The van der Waals surface area contributed by atoms with Crippen LogP contribution in [0.15, 0.2) is 34.8 Å². The van der Waals surface area contributed by atoms with E-state index >= 15 is 0 Å². The molecular weight excluding hydrogens is 427 g/mol. The van der Waals surface area contributed by atoms with Crippen molar-refractivity contribution in [2.45, 2.75) is 6.42 Å². The monoisotopic (exact) mass is 440 g/mol. The molecule has 0 saturated carbocycles. The molecule has 0 bridgehead atoms. The average molecular weight is 442 g/mol. The molecule has 0 spiro atoms. The molecule has 1 amide bonds. The lowest BCUT2D eigenvalue weighted by Crippen LogP contribution is -2.25. The molecule has 4 N–H and O–H groups in total. The van der Waals surface area contributed by atoms with Crippen LogP contribution in [0.2, 0.25) is 10.0 Å². The van der Waals surface area contributed by atoms with Crippen LogP contribution in [0.3, 0.4) is 0 Å². The largest absolute Gasteiger partial charge is 0.352 e. The van der Waals surface area contributed by atoms with Crippen molar-refractivity contribution in [3.63, 3.8) is 0 Å². The third-order valence-corrected chi connectivity index (χ3v) is 5.06. The first-order valence-corrected chi connectivity index (χ1v) is 9.17. The van der Waals surface area contributed by atoms with E-state index in [1.54, 1.807) is 24.3 Å². The highest BCUT2D eigenvalue weighted by Crippen LogP contribution is 2.32. The molecule has 1 aromatic heterocycles. The van der Waals surface area contributed by atoms with E-state index in [1.807, 2.05) is 6.07 Å². The molecule has 3 aromatic rings. The molecule has 5 nitrogen and oxygen atoms in total. The minimum atomic E-state index is -0.135. The number of aromatic nitrogens is 2. The zero-order valence-corrected chi connectivity index (χ0v) is 16.2. The van der Waals surface area contributed by atoms with Crippen molar-refractivity contribution in [1.29, 1.82) is 0 Å². The number of H-pyrrole nitrogens is 1. The minimum Gasteiger partial charge on any atom is -0.352 e. The van der Waals surface area contributed by atoms with Crippen LogP contribution in [0, 0.1) is 0 Å². The second kappa shape index (κ2) is 7.74. The number of amides is 1. The zero-order chi connectivity index (χ0) is 18.0. The minimum absolute atomic E-state index is 0.135. The van der Waals surface area contributed by atoms with Crippen LogP contribution in [-0.4, -0.2) is 29.0 Å². The van der Waals surface area contributed by atoms with Gasteiger partial charge in [-0.25, -0.2) is 4.98 Å². The fourth-order valence-electron chi connectivity index (χ4n) is 2.39. The van der Waals surface area contributed by atoms with Gasteiger partial charge in [0.2, 0.25) is 0 Å². The Balaban J connectivity index is 1.89. The maximum atomic E-state index is 12.1. The van der Waals surface area contributed by atoms with Gasteiger partial charge in [-0.2, -0.15) is 0 Å². The van der Waals surface area contributed by atoms with Crippen LogP contribution in [-0.2, 0) is 0 Å². The van der Waals surface area contributed by atoms with Gasteiger partial charge in [0.1, 0.15) is 5.82 Å². The number of rotatable bonds is 5. The van der Waals surface area contributed by atoms with Crippen LogP contribution in [0.4, 0.5) is 0 Å². The number of carbonyl (C=O) groups is 1. The Hall–Kier alpha value is -1.60. The fraction of sp³-hybridized carbons (Fsp3) is 0.176. The summed E-state index contributed by atoms with van der Waals surface area (Å²) in [5.41, 5.74) is 8.34. The number of hydrogen-bond acceptors (Lipinski definition) is 3. The Morgan fingerprint density at radius 3 is 2.72 bits per heavy atom. The second-order valence-corrected chi connectivity index (χ2v) is 7.13. The summed E-state index contributed by atoms with van der Waals surface area (Å²) in [7, 11) is 0. The van der Waals surface area contributed by atoms with E-state index < -0.39 is 0 Å². The fourth-order valence-corrected chi connectivity index (χ4v) is 3.28. The molecule has 0 aliphatic heterocycles. The SMILES string of the molecule is NCCCNC(=O)c1ccc(-c2nc3cc(Cl)c(Cl)cc3[nH]2)c(Br)c1. The van der Waals surface area contributed by atoms with Crippen LogP contribution in [0.5, 0.6) is 0 Å². The topological polar surface area (TPSA) is 83.8 Å². The van der Waals surface area contributed by atoms with Crippen LogP contribution < -0.4 is 11.1 Å². The zero-order valence-electron chi connectivity index (χ0n) is 13.1. The number of fused-ring (bicyclic) bond motifs is 1. The molecule has 8 heteroatoms. The van der Waals surface area contributed by atoms with Gasteiger partial charge in [0.25, 0.3) is 5.91 Å². The molecule has 0 unspecified atom stereocenters. The summed E-state index contributed by atoms with van der Waals surface area (Å²) in [5.74, 6) is 0.527. The number of nitrogens with two attached hydrogens (primary N) is 1. The summed E-state index contributed by atoms with van der Waals surface area (Å²) in [6.07, 6.45) is 0.745. The number of hydrogen-bond donors (Lipinski definition) is 3. The first-order valence-electron chi connectivity index (χ1n) is 7.62. The highest BCUT2D eigenvalue weighted by molar-refractivity contribution is 9.10. The predicted octanol–water partition coefficient (Wildman–Crippen LogP) is 4.38. The van der Waals surface area contributed by atoms with Gasteiger partial charge in [0.05, 0.1) is 21.1 Å². The summed E-state index contributed by atoms with van der Waals surface area (Å²) in [6, 6.07) is 8.81. The number of halogens is 3. The van der Waals surface area contributed by atoms with Crippen molar-refractivity contribution >= 4 is 56.1 Å². The molecule has 0 radical (unpaired) electrons. The third kappa shape index (κ3) is 3.98. The van der Waals surface area contributed by atoms with Crippen molar-refractivity contribution in [3.05, 3.63) is 50.4 Å². The number of benzene rings is 2. The van der Waals surface area contributed by atoms with E-state index in [1.165, 1.54) is 0 Å². The van der Waals surface area contributed by atoms with E-state index in [9.17, 15) is 4.79 Å². The molecule has 2 aromatic carbocycles. The lowest BCUT2D eigenvalue weighted by atomic mass is 10.1. The maximum absolute atomic E-state index is 12.1. The predicted molar refractivity (Wildman–Crippen MR) is 105 cm³/mol. The van der Waals surface area contributed by atoms with Crippen molar-refractivity contribution in [3.8, 4) is 11.4 Å². The summed E-state index contributed by atoms with van der Waals surface area (Å²) in [4.78, 5) is 19.9. The van der Waals surface area contributed by atoms with Crippen molar-refractivity contribution in [1.82, 2.24) is 15.3 Å². The Labute approximate surface area is 163 Å². The average Bonchev–Trinajstić information content (AvgIpc) is 2.97. The van der Waals surface area contributed by atoms with Crippen molar-refractivity contribution in [2.24, 2.45) is 5.73 Å². The molecular formula is C17H15BrCl2N4O. The normalized spacial score (nSPS) is 11.0. The quantitative estimate of drug-likeness (QED) is 0.513. The van der Waals surface area contributed by atoms with E-state index in [-0.39, 0.29) is 5.91 Å². The van der Waals surface area contributed by atoms with Gasteiger partial charge in [-0.15, -0.1) is 0 Å². The van der Waals surface area contributed by atoms with Crippen molar-refractivity contribution in [2.75, 3.05) is 13.1 Å². The molecule has 3 rings (SSSR count). The molecule has 0 aliphatic carbocycles. The molecule has 130 valence electrons. The molecule has 0 atom stereocenters. The first kappa shape index (κ1) is 18.2. The second-order valence-electron chi connectivity index (χ2n) is 5.46. The molecule has 1 heterocycles. The standard InChI is InChI=1S/C17H15BrCl2N4O/c18-11-6-9(17(25)22-5-1-4-21)2-3-10(11)16-23-14-7-12(19)13(20)8-15(14)24-16/h2-3,6-8H,1,4-5,21H2,(H,22,25)(H,23,24). The Kier molecular flexibility index (Phi) is 5.64. The number of aromatic amines is 1. The van der Waals surface area contributed by atoms with E-state index in [0.29, 0.717) is 34.5 Å². The highest BCUT2D eigenvalue weighted by atomic mass is 79.9. The molecule has 0 aliphatic rings. The molecule has 0 fully saturated rings. The van der Waals surface area contributed by atoms with Gasteiger partial charge in [-0.05, 0) is 43.3 Å². The smallest absolute Gasteiger partial charge is 0.251 e. The summed E-state index contributed by atoms with van der Waals surface area (Å²) in [5, 5.41) is 3.75.